The third-order valence-corrected chi connectivity index (χ3v) is 4.16. The lowest BCUT2D eigenvalue weighted by Gasteiger charge is -2.27. The zero-order valence-corrected chi connectivity index (χ0v) is 10.9. The van der Waals surface area contributed by atoms with Crippen LogP contribution in [0.1, 0.15) is 57.8 Å². The van der Waals surface area contributed by atoms with Gasteiger partial charge in [0.05, 0.1) is 5.92 Å². The minimum absolute atomic E-state index is 0.0274. The molecule has 0 aromatic carbocycles. The first kappa shape index (κ1) is 13.4. The lowest BCUT2D eigenvalue weighted by Crippen LogP contribution is -2.30. The molecule has 1 atom stereocenters. The highest BCUT2D eigenvalue weighted by molar-refractivity contribution is 5.78. The highest BCUT2D eigenvalue weighted by Crippen LogP contribution is 2.32. The van der Waals surface area contributed by atoms with Gasteiger partial charge in [0.15, 0.2) is 0 Å². The summed E-state index contributed by atoms with van der Waals surface area (Å²) < 4.78 is 0. The lowest BCUT2D eigenvalue weighted by atomic mass is 9.78. The van der Waals surface area contributed by atoms with Crippen LogP contribution in [0.2, 0.25) is 0 Å². The number of carbonyl (C=O) groups is 2. The normalized spacial score (nSPS) is 22.4. The van der Waals surface area contributed by atoms with Crippen molar-refractivity contribution in [3.63, 3.8) is 0 Å². The molecule has 2 saturated carbocycles. The SMILES string of the molecule is O=C(CCC(C(=O)O)C1CCCCC1)NC1CC1. The molecule has 4 nitrogen and oxygen atoms in total. The van der Waals surface area contributed by atoms with Gasteiger partial charge in [0.2, 0.25) is 5.91 Å². The molecule has 1 unspecified atom stereocenters. The summed E-state index contributed by atoms with van der Waals surface area (Å²) in [5, 5.41) is 12.2. The summed E-state index contributed by atoms with van der Waals surface area (Å²) in [7, 11) is 0. The monoisotopic (exact) mass is 253 g/mol. The number of carboxylic acid groups (broad SMARTS) is 1. The van der Waals surface area contributed by atoms with E-state index in [2.05, 4.69) is 5.32 Å². The van der Waals surface area contributed by atoms with E-state index < -0.39 is 5.97 Å². The summed E-state index contributed by atoms with van der Waals surface area (Å²) in [5.41, 5.74) is 0. The van der Waals surface area contributed by atoms with E-state index in [0.717, 1.165) is 38.5 Å². The number of carboxylic acids is 1. The van der Waals surface area contributed by atoms with E-state index in [-0.39, 0.29) is 17.7 Å². The van der Waals surface area contributed by atoms with Crippen molar-refractivity contribution in [3.8, 4) is 0 Å². The number of aliphatic carboxylic acids is 1. The van der Waals surface area contributed by atoms with Crippen molar-refractivity contribution >= 4 is 11.9 Å². The average Bonchev–Trinajstić information content (AvgIpc) is 3.14. The van der Waals surface area contributed by atoms with E-state index >= 15 is 0 Å². The van der Waals surface area contributed by atoms with Gasteiger partial charge in [0.1, 0.15) is 0 Å². The Morgan fingerprint density at radius 3 is 2.33 bits per heavy atom. The summed E-state index contributed by atoms with van der Waals surface area (Å²) in [6, 6.07) is 0.371. The third kappa shape index (κ3) is 4.00. The van der Waals surface area contributed by atoms with Gasteiger partial charge in [-0.15, -0.1) is 0 Å². The van der Waals surface area contributed by atoms with E-state index in [4.69, 9.17) is 0 Å². The fourth-order valence-corrected chi connectivity index (χ4v) is 2.91. The Balaban J connectivity index is 1.77. The van der Waals surface area contributed by atoms with Crippen LogP contribution in [0.3, 0.4) is 0 Å². The molecule has 0 aliphatic heterocycles. The first-order valence-electron chi connectivity index (χ1n) is 7.19. The van der Waals surface area contributed by atoms with Crippen LogP contribution in [0.15, 0.2) is 0 Å². The van der Waals surface area contributed by atoms with Gasteiger partial charge in [-0.3, -0.25) is 9.59 Å². The Bertz CT molecular complexity index is 306. The van der Waals surface area contributed by atoms with Crippen LogP contribution >= 0.6 is 0 Å². The van der Waals surface area contributed by atoms with Gasteiger partial charge in [-0.05, 0) is 38.0 Å². The third-order valence-electron chi connectivity index (χ3n) is 4.16. The van der Waals surface area contributed by atoms with Crippen molar-refractivity contribution in [2.24, 2.45) is 11.8 Å². The quantitative estimate of drug-likeness (QED) is 0.763. The number of amides is 1. The van der Waals surface area contributed by atoms with E-state index in [1.165, 1.54) is 6.42 Å². The number of nitrogens with one attached hydrogen (secondary N) is 1. The van der Waals surface area contributed by atoms with E-state index in [1.54, 1.807) is 0 Å². The molecule has 0 heterocycles. The molecule has 0 radical (unpaired) electrons. The molecule has 2 aliphatic rings. The Morgan fingerprint density at radius 2 is 1.78 bits per heavy atom. The molecule has 2 aliphatic carbocycles. The minimum Gasteiger partial charge on any atom is -0.481 e. The molecule has 18 heavy (non-hydrogen) atoms. The van der Waals surface area contributed by atoms with Gasteiger partial charge in [-0.1, -0.05) is 19.3 Å². The molecule has 2 N–H and O–H groups in total. The highest BCUT2D eigenvalue weighted by Gasteiger charge is 2.30. The van der Waals surface area contributed by atoms with E-state index in [1.807, 2.05) is 0 Å². The van der Waals surface area contributed by atoms with Crippen LogP contribution in [0.5, 0.6) is 0 Å². The average molecular weight is 253 g/mol. The van der Waals surface area contributed by atoms with Crippen molar-refractivity contribution in [1.29, 1.82) is 0 Å². The second kappa shape index (κ2) is 6.21. The van der Waals surface area contributed by atoms with E-state index in [9.17, 15) is 14.7 Å². The van der Waals surface area contributed by atoms with Gasteiger partial charge in [0, 0.05) is 12.5 Å². The van der Waals surface area contributed by atoms with Crippen molar-refractivity contribution in [1.82, 2.24) is 5.32 Å². The Morgan fingerprint density at radius 1 is 1.11 bits per heavy atom. The summed E-state index contributed by atoms with van der Waals surface area (Å²) in [6.45, 7) is 0. The predicted octanol–water partition coefficient (Wildman–Crippen LogP) is 2.33. The molecule has 1 amide bonds. The number of rotatable bonds is 6. The van der Waals surface area contributed by atoms with Gasteiger partial charge < -0.3 is 10.4 Å². The fraction of sp³-hybridized carbons (Fsp3) is 0.857. The summed E-state index contributed by atoms with van der Waals surface area (Å²) in [5.74, 6) is -0.735. The molecular formula is C14H23NO3. The molecule has 0 bridgehead atoms. The topological polar surface area (TPSA) is 66.4 Å². The molecule has 0 aromatic rings. The summed E-state index contributed by atoms with van der Waals surface area (Å²) in [6.07, 6.45) is 8.56. The standard InChI is InChI=1S/C14H23NO3/c16-13(15-11-6-7-11)9-8-12(14(17)18)10-4-2-1-3-5-10/h10-12H,1-9H2,(H,15,16)(H,17,18). The Hall–Kier alpha value is -1.06. The number of carbonyl (C=O) groups excluding carboxylic acids is 1. The maximum Gasteiger partial charge on any atom is 0.306 e. The second-order valence-electron chi connectivity index (χ2n) is 5.72. The van der Waals surface area contributed by atoms with Gasteiger partial charge in [0.25, 0.3) is 0 Å². The first-order valence-corrected chi connectivity index (χ1v) is 7.19. The van der Waals surface area contributed by atoms with Crippen molar-refractivity contribution in [2.45, 2.75) is 63.8 Å². The van der Waals surface area contributed by atoms with Gasteiger partial charge in [-0.2, -0.15) is 0 Å². The zero-order chi connectivity index (χ0) is 13.0. The molecule has 102 valence electrons. The van der Waals surface area contributed by atoms with Crippen molar-refractivity contribution in [3.05, 3.63) is 0 Å². The molecular weight excluding hydrogens is 230 g/mol. The number of hydrogen-bond acceptors (Lipinski definition) is 2. The Kier molecular flexibility index (Phi) is 4.61. The van der Waals surface area contributed by atoms with Crippen LogP contribution in [-0.2, 0) is 9.59 Å². The van der Waals surface area contributed by atoms with Crippen molar-refractivity contribution in [2.75, 3.05) is 0 Å². The van der Waals surface area contributed by atoms with Crippen LogP contribution in [0.4, 0.5) is 0 Å². The smallest absolute Gasteiger partial charge is 0.306 e. The molecule has 2 fully saturated rings. The molecule has 0 saturated heterocycles. The van der Waals surface area contributed by atoms with Gasteiger partial charge >= 0.3 is 5.97 Å². The second-order valence-corrected chi connectivity index (χ2v) is 5.72. The zero-order valence-electron chi connectivity index (χ0n) is 10.9. The molecule has 4 heteroatoms. The van der Waals surface area contributed by atoms with Crippen LogP contribution in [-0.4, -0.2) is 23.0 Å². The summed E-state index contributed by atoms with van der Waals surface area (Å²) >= 11 is 0. The minimum atomic E-state index is -0.721. The van der Waals surface area contributed by atoms with Crippen molar-refractivity contribution < 1.29 is 14.7 Å². The molecule has 2 rings (SSSR count). The fourth-order valence-electron chi connectivity index (χ4n) is 2.91. The number of hydrogen-bond donors (Lipinski definition) is 2. The lowest BCUT2D eigenvalue weighted by molar-refractivity contribution is -0.144. The molecule has 0 aromatic heterocycles. The maximum absolute atomic E-state index is 11.6. The predicted molar refractivity (Wildman–Crippen MR) is 68.1 cm³/mol. The maximum atomic E-state index is 11.6. The Labute approximate surface area is 108 Å². The van der Waals surface area contributed by atoms with Gasteiger partial charge in [-0.25, -0.2) is 0 Å². The van der Waals surface area contributed by atoms with Crippen LogP contribution in [0, 0.1) is 11.8 Å². The van der Waals surface area contributed by atoms with E-state index in [0.29, 0.717) is 18.9 Å². The highest BCUT2D eigenvalue weighted by atomic mass is 16.4. The van der Waals surface area contributed by atoms with Crippen LogP contribution < -0.4 is 5.32 Å². The van der Waals surface area contributed by atoms with Crippen LogP contribution in [0.25, 0.3) is 0 Å². The largest absolute Gasteiger partial charge is 0.481 e. The first-order chi connectivity index (χ1) is 8.66. The molecule has 0 spiro atoms. The summed E-state index contributed by atoms with van der Waals surface area (Å²) in [4.78, 5) is 22.9.